The minimum atomic E-state index is -0.998. The summed E-state index contributed by atoms with van der Waals surface area (Å²) in [6, 6.07) is 5.30. The standard InChI is InChI=1S/C13H16FN3O2/c14-9-4-2-1-3-8(9)13(5-6-13)17-12(19)10(15)7-11(16)18/h1-4,10H,5-7,15H2,(H2,16,18)(H,17,19)/t10-/m0/s1. The van der Waals surface area contributed by atoms with E-state index in [-0.39, 0.29) is 12.2 Å². The fourth-order valence-electron chi connectivity index (χ4n) is 2.07. The Labute approximate surface area is 110 Å². The third-order valence-corrected chi connectivity index (χ3v) is 3.26. The van der Waals surface area contributed by atoms with Crippen molar-refractivity contribution in [2.75, 3.05) is 0 Å². The lowest BCUT2D eigenvalue weighted by Gasteiger charge is -2.20. The number of nitrogens with one attached hydrogen (secondary N) is 1. The number of nitrogens with two attached hydrogens (primary N) is 2. The molecule has 0 spiro atoms. The highest BCUT2D eigenvalue weighted by Gasteiger charge is 2.47. The molecule has 5 N–H and O–H groups in total. The Bertz CT molecular complexity index is 514. The maximum atomic E-state index is 13.7. The number of amides is 2. The van der Waals surface area contributed by atoms with Crippen LogP contribution in [-0.4, -0.2) is 17.9 Å². The monoisotopic (exact) mass is 265 g/mol. The fraction of sp³-hybridized carbons (Fsp3) is 0.385. The fourth-order valence-corrected chi connectivity index (χ4v) is 2.07. The van der Waals surface area contributed by atoms with Gasteiger partial charge in [0.2, 0.25) is 11.8 Å². The average molecular weight is 265 g/mol. The lowest BCUT2D eigenvalue weighted by molar-refractivity contribution is -0.127. The molecule has 0 heterocycles. The van der Waals surface area contributed by atoms with Crippen molar-refractivity contribution in [1.82, 2.24) is 5.32 Å². The van der Waals surface area contributed by atoms with Gasteiger partial charge in [0, 0.05) is 5.56 Å². The van der Waals surface area contributed by atoms with E-state index >= 15 is 0 Å². The van der Waals surface area contributed by atoms with Gasteiger partial charge >= 0.3 is 0 Å². The maximum absolute atomic E-state index is 13.7. The molecule has 102 valence electrons. The van der Waals surface area contributed by atoms with Gasteiger partial charge in [-0.3, -0.25) is 9.59 Å². The SMILES string of the molecule is NC(=O)C[C@H](N)C(=O)NC1(c2ccccc2F)CC1. The van der Waals surface area contributed by atoms with E-state index in [2.05, 4.69) is 5.32 Å². The molecule has 1 atom stereocenters. The van der Waals surface area contributed by atoms with Crippen molar-refractivity contribution >= 4 is 11.8 Å². The van der Waals surface area contributed by atoms with E-state index in [1.165, 1.54) is 6.07 Å². The number of primary amides is 1. The lowest BCUT2D eigenvalue weighted by atomic mass is 10.0. The Morgan fingerprint density at radius 3 is 2.53 bits per heavy atom. The van der Waals surface area contributed by atoms with Gasteiger partial charge in [0.1, 0.15) is 5.82 Å². The number of halogens is 1. The van der Waals surface area contributed by atoms with E-state index in [9.17, 15) is 14.0 Å². The zero-order valence-electron chi connectivity index (χ0n) is 10.4. The quantitative estimate of drug-likeness (QED) is 0.706. The molecule has 2 rings (SSSR count). The summed E-state index contributed by atoms with van der Waals surface area (Å²) in [4.78, 5) is 22.6. The largest absolute Gasteiger partial charge is 0.370 e. The smallest absolute Gasteiger partial charge is 0.238 e. The molecule has 1 fully saturated rings. The minimum absolute atomic E-state index is 0.223. The summed E-state index contributed by atoms with van der Waals surface area (Å²) in [5.74, 6) is -1.48. The van der Waals surface area contributed by atoms with Gasteiger partial charge in [-0.25, -0.2) is 4.39 Å². The van der Waals surface area contributed by atoms with Crippen LogP contribution in [0.3, 0.4) is 0 Å². The first-order valence-corrected chi connectivity index (χ1v) is 6.05. The second kappa shape index (κ2) is 4.97. The molecule has 0 aromatic heterocycles. The number of rotatable bonds is 5. The molecule has 1 aromatic carbocycles. The molecule has 5 nitrogen and oxygen atoms in total. The summed E-state index contributed by atoms with van der Waals surface area (Å²) >= 11 is 0. The number of benzene rings is 1. The molecule has 1 aromatic rings. The molecule has 1 saturated carbocycles. The number of hydrogen-bond donors (Lipinski definition) is 3. The van der Waals surface area contributed by atoms with Crippen LogP contribution in [0.1, 0.15) is 24.8 Å². The molecule has 0 radical (unpaired) electrons. The molecule has 0 saturated heterocycles. The molecule has 1 aliphatic carbocycles. The van der Waals surface area contributed by atoms with Crippen LogP contribution in [0.15, 0.2) is 24.3 Å². The first-order chi connectivity index (χ1) is 8.94. The van der Waals surface area contributed by atoms with Crippen LogP contribution in [0.4, 0.5) is 4.39 Å². The molecule has 1 aliphatic rings. The van der Waals surface area contributed by atoms with Crippen LogP contribution in [0, 0.1) is 5.82 Å². The zero-order valence-corrected chi connectivity index (χ0v) is 10.4. The van der Waals surface area contributed by atoms with Crippen LogP contribution in [0.5, 0.6) is 0 Å². The predicted octanol–water partition coefficient (Wildman–Crippen LogP) is 0.134. The third kappa shape index (κ3) is 2.90. The van der Waals surface area contributed by atoms with Crippen LogP contribution >= 0.6 is 0 Å². The summed E-state index contributed by atoms with van der Waals surface area (Å²) < 4.78 is 13.7. The van der Waals surface area contributed by atoms with Gasteiger partial charge in [-0.05, 0) is 18.9 Å². The summed E-state index contributed by atoms with van der Waals surface area (Å²) in [7, 11) is 0. The lowest BCUT2D eigenvalue weighted by Crippen LogP contribution is -2.47. The van der Waals surface area contributed by atoms with Crippen molar-refractivity contribution in [3.63, 3.8) is 0 Å². The molecule has 0 bridgehead atoms. The van der Waals surface area contributed by atoms with E-state index < -0.39 is 23.4 Å². The summed E-state index contributed by atoms with van der Waals surface area (Å²) in [5, 5.41) is 2.72. The normalized spacial score (nSPS) is 17.6. The van der Waals surface area contributed by atoms with Crippen LogP contribution < -0.4 is 16.8 Å². The van der Waals surface area contributed by atoms with Crippen molar-refractivity contribution in [1.29, 1.82) is 0 Å². The highest BCUT2D eigenvalue weighted by Crippen LogP contribution is 2.46. The van der Waals surface area contributed by atoms with Gasteiger partial charge < -0.3 is 16.8 Å². The van der Waals surface area contributed by atoms with E-state index in [1.54, 1.807) is 18.2 Å². The highest BCUT2D eigenvalue weighted by molar-refractivity contribution is 5.88. The first kappa shape index (κ1) is 13.5. The number of hydrogen-bond acceptors (Lipinski definition) is 3. The van der Waals surface area contributed by atoms with Gasteiger partial charge in [0.05, 0.1) is 18.0 Å². The second-order valence-electron chi connectivity index (χ2n) is 4.83. The minimum Gasteiger partial charge on any atom is -0.370 e. The third-order valence-electron chi connectivity index (χ3n) is 3.26. The van der Waals surface area contributed by atoms with Crippen LogP contribution in [-0.2, 0) is 15.1 Å². The summed E-state index contributed by atoms with van der Waals surface area (Å²) in [6.07, 6.45) is 1.09. The van der Waals surface area contributed by atoms with E-state index in [0.29, 0.717) is 18.4 Å². The van der Waals surface area contributed by atoms with Crippen molar-refractivity contribution in [3.05, 3.63) is 35.6 Å². The number of carbonyl (C=O) groups excluding carboxylic acids is 2. The van der Waals surface area contributed by atoms with Crippen molar-refractivity contribution in [3.8, 4) is 0 Å². The van der Waals surface area contributed by atoms with E-state index in [1.807, 2.05) is 0 Å². The molecular weight excluding hydrogens is 249 g/mol. The highest BCUT2D eigenvalue weighted by atomic mass is 19.1. The summed E-state index contributed by atoms with van der Waals surface area (Å²) in [6.45, 7) is 0. The molecule has 19 heavy (non-hydrogen) atoms. The van der Waals surface area contributed by atoms with E-state index in [0.717, 1.165) is 0 Å². The molecular formula is C13H16FN3O2. The predicted molar refractivity (Wildman–Crippen MR) is 67.2 cm³/mol. The number of carbonyl (C=O) groups is 2. The van der Waals surface area contributed by atoms with Crippen molar-refractivity contribution in [2.45, 2.75) is 30.8 Å². The van der Waals surface area contributed by atoms with E-state index in [4.69, 9.17) is 11.5 Å². The second-order valence-corrected chi connectivity index (χ2v) is 4.83. The molecule has 6 heteroatoms. The summed E-state index contributed by atoms with van der Waals surface area (Å²) in [5.41, 5.74) is 10.3. The van der Waals surface area contributed by atoms with Gasteiger partial charge in [0.25, 0.3) is 0 Å². The van der Waals surface area contributed by atoms with Crippen molar-refractivity contribution in [2.24, 2.45) is 11.5 Å². The molecule has 0 unspecified atom stereocenters. The topological polar surface area (TPSA) is 98.2 Å². The van der Waals surface area contributed by atoms with Gasteiger partial charge in [-0.15, -0.1) is 0 Å². The Hall–Kier alpha value is -1.95. The Morgan fingerprint density at radius 2 is 2.00 bits per heavy atom. The first-order valence-electron chi connectivity index (χ1n) is 6.05. The maximum Gasteiger partial charge on any atom is 0.238 e. The zero-order chi connectivity index (χ0) is 14.0. The Kier molecular flexibility index (Phi) is 3.53. The Balaban J connectivity index is 2.09. The molecule has 2 amide bonds. The van der Waals surface area contributed by atoms with Crippen LogP contribution in [0.2, 0.25) is 0 Å². The Morgan fingerprint density at radius 1 is 1.37 bits per heavy atom. The molecule has 0 aliphatic heterocycles. The van der Waals surface area contributed by atoms with Gasteiger partial charge in [-0.1, -0.05) is 18.2 Å². The average Bonchev–Trinajstić information content (AvgIpc) is 3.09. The van der Waals surface area contributed by atoms with Crippen LogP contribution in [0.25, 0.3) is 0 Å². The van der Waals surface area contributed by atoms with Crippen molar-refractivity contribution < 1.29 is 14.0 Å². The van der Waals surface area contributed by atoms with Gasteiger partial charge in [0.15, 0.2) is 0 Å². The van der Waals surface area contributed by atoms with Gasteiger partial charge in [-0.2, -0.15) is 0 Å².